The van der Waals surface area contributed by atoms with E-state index in [0.717, 1.165) is 18.9 Å². The molecule has 0 saturated carbocycles. The highest BCUT2D eigenvalue weighted by atomic mass is 15.3. The summed E-state index contributed by atoms with van der Waals surface area (Å²) in [6.45, 7) is 4.13. The molecule has 80 valence electrons. The third-order valence-electron chi connectivity index (χ3n) is 2.30. The van der Waals surface area contributed by atoms with Gasteiger partial charge in [-0.3, -0.25) is 4.68 Å². The van der Waals surface area contributed by atoms with Gasteiger partial charge in [-0.1, -0.05) is 26.2 Å². The van der Waals surface area contributed by atoms with Crippen LogP contribution in [-0.4, -0.2) is 21.3 Å². The van der Waals surface area contributed by atoms with Crippen LogP contribution in [0.4, 0.5) is 0 Å². The minimum absolute atomic E-state index is 0.822. The van der Waals surface area contributed by atoms with E-state index in [1.54, 1.807) is 11.0 Å². The third-order valence-corrected chi connectivity index (χ3v) is 2.30. The molecule has 0 radical (unpaired) electrons. The zero-order valence-electron chi connectivity index (χ0n) is 9.16. The number of nitrogens with zero attached hydrogens (tertiary/aromatic N) is 3. The van der Waals surface area contributed by atoms with Crippen LogP contribution in [0.2, 0.25) is 0 Å². The molecule has 0 fully saturated rings. The zero-order chi connectivity index (χ0) is 10.2. The Labute approximate surface area is 85.7 Å². The van der Waals surface area contributed by atoms with Crippen molar-refractivity contribution < 1.29 is 0 Å². The summed E-state index contributed by atoms with van der Waals surface area (Å²) in [4.78, 5) is 4.14. The number of unbranched alkanes of at least 4 members (excludes halogenated alkanes) is 3. The van der Waals surface area contributed by atoms with Gasteiger partial charge in [0.2, 0.25) is 0 Å². The average molecular weight is 196 g/mol. The van der Waals surface area contributed by atoms with Crippen molar-refractivity contribution in [1.29, 1.82) is 0 Å². The molecule has 4 nitrogen and oxygen atoms in total. The molecule has 0 aliphatic carbocycles. The smallest absolute Gasteiger partial charge is 0.140 e. The second kappa shape index (κ2) is 6.54. The van der Waals surface area contributed by atoms with Crippen molar-refractivity contribution in [1.82, 2.24) is 20.1 Å². The number of aryl methyl sites for hydroxylation is 1. The van der Waals surface area contributed by atoms with Gasteiger partial charge in [-0.2, -0.15) is 5.10 Å². The Morgan fingerprint density at radius 1 is 1.36 bits per heavy atom. The van der Waals surface area contributed by atoms with Crippen molar-refractivity contribution in [2.75, 3.05) is 6.54 Å². The summed E-state index contributed by atoms with van der Waals surface area (Å²) >= 11 is 0. The van der Waals surface area contributed by atoms with E-state index in [4.69, 9.17) is 0 Å². The van der Waals surface area contributed by atoms with E-state index in [2.05, 4.69) is 22.3 Å². The molecule has 4 heteroatoms. The maximum Gasteiger partial charge on any atom is 0.140 e. The molecule has 0 aliphatic heterocycles. The molecule has 1 N–H and O–H groups in total. The van der Waals surface area contributed by atoms with Crippen LogP contribution in [-0.2, 0) is 13.6 Å². The Bertz CT molecular complexity index is 244. The van der Waals surface area contributed by atoms with Crippen molar-refractivity contribution >= 4 is 0 Å². The van der Waals surface area contributed by atoms with Gasteiger partial charge >= 0.3 is 0 Å². The van der Waals surface area contributed by atoms with Crippen molar-refractivity contribution in [3.8, 4) is 0 Å². The molecule has 0 aliphatic rings. The van der Waals surface area contributed by atoms with Crippen LogP contribution in [0.3, 0.4) is 0 Å². The fraction of sp³-hybridized carbons (Fsp3) is 0.800. The fourth-order valence-corrected chi connectivity index (χ4v) is 1.36. The number of hydrogen-bond donors (Lipinski definition) is 1. The maximum absolute atomic E-state index is 4.14. The van der Waals surface area contributed by atoms with E-state index >= 15 is 0 Å². The van der Waals surface area contributed by atoms with E-state index in [-0.39, 0.29) is 0 Å². The van der Waals surface area contributed by atoms with E-state index in [0.29, 0.717) is 0 Å². The van der Waals surface area contributed by atoms with Crippen LogP contribution < -0.4 is 5.32 Å². The van der Waals surface area contributed by atoms with Gasteiger partial charge < -0.3 is 5.32 Å². The summed E-state index contributed by atoms with van der Waals surface area (Å²) in [5.74, 6) is 1.00. The van der Waals surface area contributed by atoms with Gasteiger partial charge in [-0.25, -0.2) is 4.98 Å². The van der Waals surface area contributed by atoms with Crippen LogP contribution in [0.1, 0.15) is 38.4 Å². The molecule has 0 spiro atoms. The normalized spacial score (nSPS) is 10.7. The largest absolute Gasteiger partial charge is 0.310 e. The Morgan fingerprint density at radius 2 is 2.21 bits per heavy atom. The molecule has 1 rings (SSSR count). The first-order valence-electron chi connectivity index (χ1n) is 5.38. The van der Waals surface area contributed by atoms with Gasteiger partial charge in [0.1, 0.15) is 12.2 Å². The number of aromatic nitrogens is 3. The summed E-state index contributed by atoms with van der Waals surface area (Å²) in [5, 5.41) is 7.37. The standard InChI is InChI=1S/C10H20N4/c1-3-4-5-6-7-11-8-10-12-9-13-14(10)2/h9,11H,3-8H2,1-2H3. The Kier molecular flexibility index (Phi) is 5.22. The van der Waals surface area contributed by atoms with Gasteiger partial charge in [-0.05, 0) is 13.0 Å². The fourth-order valence-electron chi connectivity index (χ4n) is 1.36. The average Bonchev–Trinajstić information content (AvgIpc) is 2.58. The topological polar surface area (TPSA) is 42.7 Å². The Morgan fingerprint density at radius 3 is 2.86 bits per heavy atom. The third kappa shape index (κ3) is 3.87. The maximum atomic E-state index is 4.14. The minimum atomic E-state index is 0.822. The second-order valence-corrected chi connectivity index (χ2v) is 3.54. The van der Waals surface area contributed by atoms with E-state index in [9.17, 15) is 0 Å². The second-order valence-electron chi connectivity index (χ2n) is 3.54. The predicted molar refractivity (Wildman–Crippen MR) is 56.9 cm³/mol. The van der Waals surface area contributed by atoms with Crippen LogP contribution in [0.25, 0.3) is 0 Å². The van der Waals surface area contributed by atoms with Crippen LogP contribution >= 0.6 is 0 Å². The first-order chi connectivity index (χ1) is 6.84. The van der Waals surface area contributed by atoms with E-state index < -0.39 is 0 Å². The van der Waals surface area contributed by atoms with Gasteiger partial charge in [0.15, 0.2) is 0 Å². The summed E-state index contributed by atoms with van der Waals surface area (Å²) in [7, 11) is 1.92. The lowest BCUT2D eigenvalue weighted by Gasteiger charge is -2.03. The molecule has 0 amide bonds. The minimum Gasteiger partial charge on any atom is -0.310 e. The van der Waals surface area contributed by atoms with Crippen LogP contribution in [0.5, 0.6) is 0 Å². The first-order valence-corrected chi connectivity index (χ1v) is 5.38. The van der Waals surface area contributed by atoms with Gasteiger partial charge in [-0.15, -0.1) is 0 Å². The van der Waals surface area contributed by atoms with E-state index in [1.165, 1.54) is 25.7 Å². The lowest BCUT2D eigenvalue weighted by atomic mass is 10.2. The number of hydrogen-bond acceptors (Lipinski definition) is 3. The SMILES string of the molecule is CCCCCCNCc1ncnn1C. The highest BCUT2D eigenvalue weighted by molar-refractivity contribution is 4.81. The molecular formula is C10H20N4. The molecule has 1 heterocycles. The van der Waals surface area contributed by atoms with Gasteiger partial charge in [0, 0.05) is 7.05 Å². The van der Waals surface area contributed by atoms with Crippen LogP contribution in [0, 0.1) is 0 Å². The lowest BCUT2D eigenvalue weighted by molar-refractivity contribution is 0.570. The summed E-state index contributed by atoms with van der Waals surface area (Å²) in [6, 6.07) is 0. The van der Waals surface area contributed by atoms with Crippen LogP contribution in [0.15, 0.2) is 6.33 Å². The molecule has 0 bridgehead atoms. The molecule has 14 heavy (non-hydrogen) atoms. The molecule has 1 aromatic rings. The molecular weight excluding hydrogens is 176 g/mol. The number of rotatable bonds is 7. The summed E-state index contributed by atoms with van der Waals surface area (Å²) < 4.78 is 1.80. The van der Waals surface area contributed by atoms with Gasteiger partial charge in [0.05, 0.1) is 6.54 Å². The molecule has 1 aromatic heterocycles. The van der Waals surface area contributed by atoms with Crippen molar-refractivity contribution in [2.24, 2.45) is 7.05 Å². The Hall–Kier alpha value is -0.900. The molecule has 0 unspecified atom stereocenters. The Balaban J connectivity index is 2.02. The van der Waals surface area contributed by atoms with Crippen molar-refractivity contribution in [3.05, 3.63) is 12.2 Å². The number of nitrogens with one attached hydrogen (secondary N) is 1. The first kappa shape index (κ1) is 11.2. The summed E-state index contributed by atoms with van der Waals surface area (Å²) in [5.41, 5.74) is 0. The highest BCUT2D eigenvalue weighted by Crippen LogP contribution is 1.97. The van der Waals surface area contributed by atoms with Gasteiger partial charge in [0.25, 0.3) is 0 Å². The molecule has 0 atom stereocenters. The zero-order valence-corrected chi connectivity index (χ0v) is 9.16. The van der Waals surface area contributed by atoms with E-state index in [1.807, 2.05) is 7.05 Å². The predicted octanol–water partition coefficient (Wildman–Crippen LogP) is 1.48. The highest BCUT2D eigenvalue weighted by Gasteiger charge is 1.97. The summed E-state index contributed by atoms with van der Waals surface area (Å²) in [6.07, 6.45) is 6.80. The quantitative estimate of drug-likeness (QED) is 0.672. The monoisotopic (exact) mass is 196 g/mol. The molecule has 0 saturated heterocycles. The van der Waals surface area contributed by atoms with Crippen molar-refractivity contribution in [3.63, 3.8) is 0 Å². The molecule has 0 aromatic carbocycles. The lowest BCUT2D eigenvalue weighted by Crippen LogP contribution is -2.17. The van der Waals surface area contributed by atoms with Crippen molar-refractivity contribution in [2.45, 2.75) is 39.2 Å².